The molecular formula is C34H61. The van der Waals surface area contributed by atoms with Gasteiger partial charge >= 0.3 is 0 Å². The molecule has 0 nitrogen and oxygen atoms in total. The van der Waals surface area contributed by atoms with Gasteiger partial charge in [0, 0.05) is 0 Å². The smallest absolute Gasteiger partial charge is 0.0279 e. The number of unbranched alkanes of at least 4 members (excludes halogenated alkanes) is 19. The van der Waals surface area contributed by atoms with Gasteiger partial charge in [0.05, 0.1) is 0 Å². The van der Waals surface area contributed by atoms with E-state index in [0.29, 0.717) is 0 Å². The predicted octanol–water partition coefficient (Wildman–Crippen LogP) is 11.8. The van der Waals surface area contributed by atoms with Crippen LogP contribution in [0, 0.1) is 6.92 Å². The summed E-state index contributed by atoms with van der Waals surface area (Å²) >= 11 is 0. The van der Waals surface area contributed by atoms with Crippen LogP contribution < -0.4 is 0 Å². The van der Waals surface area contributed by atoms with E-state index in [2.05, 4.69) is 39.0 Å². The summed E-state index contributed by atoms with van der Waals surface area (Å²) in [5.41, 5.74) is 4.77. The zero-order chi connectivity index (χ0) is 24.5. The van der Waals surface area contributed by atoms with Crippen LogP contribution in [-0.4, -0.2) is 0 Å². The Morgan fingerprint density at radius 2 is 0.647 bits per heavy atom. The first kappa shape index (κ1) is 31.3. The average molecular weight is 470 g/mol. The zero-order valence-electron chi connectivity index (χ0n) is 23.6. The largest absolute Gasteiger partial charge is 0.0654 e. The van der Waals surface area contributed by atoms with Gasteiger partial charge in [0.2, 0.25) is 0 Å². The second-order valence-corrected chi connectivity index (χ2v) is 11.0. The van der Waals surface area contributed by atoms with Crippen LogP contribution in [-0.2, 0) is 19.3 Å². The lowest BCUT2D eigenvalue weighted by molar-refractivity contribution is 0.555. The fourth-order valence-electron chi connectivity index (χ4n) is 5.23. The van der Waals surface area contributed by atoms with E-state index >= 15 is 0 Å². The first-order valence-electron chi connectivity index (χ1n) is 15.7. The molecule has 0 heterocycles. The van der Waals surface area contributed by atoms with E-state index in [-0.39, 0.29) is 0 Å². The minimum absolute atomic E-state index is 1.05. The molecule has 0 atom stereocenters. The summed E-state index contributed by atoms with van der Waals surface area (Å²) in [5, 5.41) is 0. The van der Waals surface area contributed by atoms with Crippen molar-refractivity contribution >= 4 is 0 Å². The summed E-state index contributed by atoms with van der Waals surface area (Å²) in [6, 6.07) is 7.55. The van der Waals surface area contributed by atoms with E-state index in [4.69, 9.17) is 0 Å². The summed E-state index contributed by atoms with van der Waals surface area (Å²) in [6.07, 6.45) is 34.5. The second-order valence-electron chi connectivity index (χ2n) is 11.0. The maximum absolute atomic E-state index is 4.06. The first-order chi connectivity index (χ1) is 16.8. The molecule has 1 rings (SSSR count). The number of hydrogen-bond acceptors (Lipinski definition) is 0. The van der Waals surface area contributed by atoms with Gasteiger partial charge in [-0.15, -0.1) is 0 Å². The van der Waals surface area contributed by atoms with Crippen molar-refractivity contribution in [1.29, 1.82) is 0 Å². The van der Waals surface area contributed by atoms with Gasteiger partial charge in [-0.1, -0.05) is 161 Å². The van der Waals surface area contributed by atoms with Gasteiger partial charge in [-0.3, -0.25) is 0 Å². The van der Waals surface area contributed by atoms with Crippen LogP contribution in [0.25, 0.3) is 0 Å². The minimum atomic E-state index is 1.05. The lowest BCUT2D eigenvalue weighted by Gasteiger charge is -2.11. The van der Waals surface area contributed by atoms with Gasteiger partial charge in [-0.25, -0.2) is 0 Å². The normalized spacial score (nSPS) is 11.4. The van der Waals surface area contributed by atoms with E-state index in [1.807, 2.05) is 0 Å². The molecule has 0 spiro atoms. The van der Waals surface area contributed by atoms with Crippen LogP contribution in [0.2, 0.25) is 0 Å². The van der Waals surface area contributed by atoms with Crippen LogP contribution in [0.3, 0.4) is 0 Å². The Kier molecular flexibility index (Phi) is 22.0. The fourth-order valence-corrected chi connectivity index (χ4v) is 5.23. The van der Waals surface area contributed by atoms with Crippen LogP contribution in [0.4, 0.5) is 0 Å². The molecule has 0 aliphatic carbocycles. The summed E-state index contributed by atoms with van der Waals surface area (Å²) in [6.45, 7) is 8.66. The molecule has 0 aliphatic rings. The van der Waals surface area contributed by atoms with Crippen molar-refractivity contribution in [3.63, 3.8) is 0 Å². The van der Waals surface area contributed by atoms with Crippen LogP contribution in [0.5, 0.6) is 0 Å². The van der Waals surface area contributed by atoms with E-state index in [0.717, 1.165) is 6.42 Å². The second kappa shape index (κ2) is 23.9. The van der Waals surface area contributed by atoms with Gasteiger partial charge in [-0.2, -0.15) is 0 Å². The van der Waals surface area contributed by atoms with Gasteiger partial charge in [-0.05, 0) is 55.2 Å². The Bertz CT molecular complexity index is 501. The van der Waals surface area contributed by atoms with E-state index in [1.54, 1.807) is 16.7 Å². The molecule has 0 unspecified atom stereocenters. The van der Waals surface area contributed by atoms with Crippen molar-refractivity contribution in [2.24, 2.45) is 0 Å². The maximum Gasteiger partial charge on any atom is -0.0279 e. The Morgan fingerprint density at radius 3 is 0.941 bits per heavy atom. The van der Waals surface area contributed by atoms with Crippen LogP contribution >= 0.6 is 0 Å². The third-order valence-corrected chi connectivity index (χ3v) is 7.47. The highest BCUT2D eigenvalue weighted by atomic mass is 14.1. The molecule has 0 fully saturated rings. The SMILES string of the molecule is [CH2]CCCc1cc(CCCCCCCCCCCC)cc(CCCCCCCCCCCC)c1. The Balaban J connectivity index is 2.24. The molecule has 1 aromatic carbocycles. The molecule has 0 N–H and O–H groups in total. The van der Waals surface area contributed by atoms with Crippen molar-refractivity contribution in [2.75, 3.05) is 0 Å². The van der Waals surface area contributed by atoms with E-state index in [1.165, 1.54) is 154 Å². The van der Waals surface area contributed by atoms with E-state index in [9.17, 15) is 0 Å². The standard InChI is InChI=1S/C34H61/c1-4-7-10-12-14-16-18-20-22-24-27-33-29-32(26-9-6-3)30-34(31-33)28-25-23-21-19-17-15-13-11-8-5-2/h29-31H,3-28H2,1-2H3. The van der Waals surface area contributed by atoms with Crippen molar-refractivity contribution in [1.82, 2.24) is 0 Å². The molecule has 1 radical (unpaired) electrons. The van der Waals surface area contributed by atoms with Crippen LogP contribution in [0.15, 0.2) is 18.2 Å². The van der Waals surface area contributed by atoms with E-state index < -0.39 is 0 Å². The Labute approximate surface area is 216 Å². The number of aryl methyl sites for hydroxylation is 3. The third kappa shape index (κ3) is 18.5. The highest BCUT2D eigenvalue weighted by Crippen LogP contribution is 2.19. The van der Waals surface area contributed by atoms with Crippen molar-refractivity contribution in [3.8, 4) is 0 Å². The highest BCUT2D eigenvalue weighted by molar-refractivity contribution is 5.30. The quantitative estimate of drug-likeness (QED) is 0.125. The van der Waals surface area contributed by atoms with Crippen molar-refractivity contribution < 1.29 is 0 Å². The van der Waals surface area contributed by atoms with Gasteiger partial charge < -0.3 is 0 Å². The van der Waals surface area contributed by atoms with Crippen molar-refractivity contribution in [2.45, 2.75) is 174 Å². The Morgan fingerprint density at radius 1 is 0.382 bits per heavy atom. The molecule has 197 valence electrons. The van der Waals surface area contributed by atoms with Gasteiger partial charge in [0.15, 0.2) is 0 Å². The first-order valence-corrected chi connectivity index (χ1v) is 15.7. The monoisotopic (exact) mass is 469 g/mol. The molecule has 0 amide bonds. The third-order valence-electron chi connectivity index (χ3n) is 7.47. The fraction of sp³-hybridized carbons (Fsp3) is 0.794. The van der Waals surface area contributed by atoms with Crippen LogP contribution in [0.1, 0.15) is 172 Å². The van der Waals surface area contributed by atoms with Gasteiger partial charge in [0.25, 0.3) is 0 Å². The molecule has 0 bridgehead atoms. The Hall–Kier alpha value is -0.780. The molecule has 0 heteroatoms. The lowest BCUT2D eigenvalue weighted by Crippen LogP contribution is -1.96. The van der Waals surface area contributed by atoms with Gasteiger partial charge in [0.1, 0.15) is 0 Å². The summed E-state index contributed by atoms with van der Waals surface area (Å²) in [4.78, 5) is 0. The molecule has 0 saturated heterocycles. The summed E-state index contributed by atoms with van der Waals surface area (Å²) in [7, 11) is 0. The molecule has 34 heavy (non-hydrogen) atoms. The summed E-state index contributed by atoms with van der Waals surface area (Å²) < 4.78 is 0. The zero-order valence-corrected chi connectivity index (χ0v) is 23.6. The molecule has 0 saturated carbocycles. The predicted molar refractivity (Wildman–Crippen MR) is 156 cm³/mol. The number of rotatable bonds is 25. The number of benzene rings is 1. The molecule has 0 aliphatic heterocycles. The average Bonchev–Trinajstić information content (AvgIpc) is 2.85. The molecular weight excluding hydrogens is 408 g/mol. The number of hydrogen-bond donors (Lipinski definition) is 0. The minimum Gasteiger partial charge on any atom is -0.0654 e. The van der Waals surface area contributed by atoms with Crippen molar-refractivity contribution in [3.05, 3.63) is 41.8 Å². The summed E-state index contributed by atoms with van der Waals surface area (Å²) in [5.74, 6) is 0. The maximum atomic E-state index is 4.06. The lowest BCUT2D eigenvalue weighted by atomic mass is 9.95. The highest BCUT2D eigenvalue weighted by Gasteiger charge is 2.03. The topological polar surface area (TPSA) is 0 Å². The molecule has 0 aromatic heterocycles. The molecule has 1 aromatic rings.